The Morgan fingerprint density at radius 1 is 0.833 bits per heavy atom. The minimum absolute atomic E-state index is 0. The molecule has 24 heavy (non-hydrogen) atoms. The number of phenolic OH excluding ortho intramolecular Hbond substituents is 1. The molecule has 0 saturated carbocycles. The molecule has 0 radical (unpaired) electrons. The number of phenols is 1. The maximum Gasteiger partial charge on any atom is 1.00 e. The van der Waals surface area contributed by atoms with Gasteiger partial charge in [-0.1, -0.05) is 24.3 Å². The summed E-state index contributed by atoms with van der Waals surface area (Å²) in [6, 6.07) is 15.8. The standard InChI is InChI=1S/C16H12N2O4S.Na.H/c19-16-10-9-15(13-3-1-2-4-14(13)16)18-17-11-5-7-12(8-6-11)23(20,21)22;;/h1-10,19H,(H,20,21,22);;/q;+1;-1. The van der Waals surface area contributed by atoms with Crippen molar-refractivity contribution in [1.82, 2.24) is 0 Å². The van der Waals surface area contributed by atoms with Crippen LogP contribution >= 0.6 is 0 Å². The van der Waals surface area contributed by atoms with Crippen LogP contribution in [-0.4, -0.2) is 18.1 Å². The molecule has 3 rings (SSSR count). The average molecular weight is 352 g/mol. The van der Waals surface area contributed by atoms with Crippen LogP contribution in [0.2, 0.25) is 0 Å². The summed E-state index contributed by atoms with van der Waals surface area (Å²) in [5.74, 6) is 0.164. The normalized spacial score (nSPS) is 11.5. The molecule has 0 unspecified atom stereocenters. The Hall–Kier alpha value is -1.77. The van der Waals surface area contributed by atoms with E-state index in [1.54, 1.807) is 12.1 Å². The van der Waals surface area contributed by atoms with E-state index < -0.39 is 10.1 Å². The first-order valence-electron chi connectivity index (χ1n) is 6.65. The van der Waals surface area contributed by atoms with Crippen LogP contribution < -0.4 is 29.6 Å². The van der Waals surface area contributed by atoms with E-state index in [2.05, 4.69) is 10.2 Å². The summed E-state index contributed by atoms with van der Waals surface area (Å²) in [4.78, 5) is -0.202. The van der Waals surface area contributed by atoms with E-state index in [-0.39, 0.29) is 41.6 Å². The molecule has 3 aromatic carbocycles. The fourth-order valence-electron chi connectivity index (χ4n) is 2.15. The Balaban J connectivity index is 0.00000156. The van der Waals surface area contributed by atoms with Crippen LogP contribution in [0.25, 0.3) is 10.8 Å². The Labute approximate surface area is 162 Å². The summed E-state index contributed by atoms with van der Waals surface area (Å²) in [5, 5.41) is 19.4. The maximum absolute atomic E-state index is 11.0. The van der Waals surface area contributed by atoms with Crippen molar-refractivity contribution in [2.24, 2.45) is 10.2 Å². The molecule has 8 heteroatoms. The first-order chi connectivity index (χ1) is 10.9. The second-order valence-corrected chi connectivity index (χ2v) is 6.24. The SMILES string of the molecule is O=S(=O)(O)c1ccc(N=Nc2ccc(O)c3ccccc23)cc1.[H-].[Na+]. The van der Waals surface area contributed by atoms with Gasteiger partial charge in [0.2, 0.25) is 0 Å². The fraction of sp³-hybridized carbons (Fsp3) is 0. The third kappa shape index (κ3) is 4.00. The van der Waals surface area contributed by atoms with Gasteiger partial charge in [0, 0.05) is 10.8 Å². The Morgan fingerprint density at radius 2 is 1.46 bits per heavy atom. The number of benzene rings is 3. The van der Waals surface area contributed by atoms with E-state index in [9.17, 15) is 13.5 Å². The zero-order valence-electron chi connectivity index (χ0n) is 13.8. The molecule has 0 fully saturated rings. The number of hydrogen-bond donors (Lipinski definition) is 2. The topological polar surface area (TPSA) is 99.3 Å². The number of nitrogens with zero attached hydrogens (tertiary/aromatic N) is 2. The molecule has 0 bridgehead atoms. The quantitative estimate of drug-likeness (QED) is 0.422. The summed E-state index contributed by atoms with van der Waals surface area (Å²) >= 11 is 0. The molecule has 0 aliphatic rings. The molecule has 0 amide bonds. The van der Waals surface area contributed by atoms with Gasteiger partial charge in [-0.2, -0.15) is 13.5 Å². The van der Waals surface area contributed by atoms with Crippen molar-refractivity contribution >= 4 is 32.3 Å². The van der Waals surface area contributed by atoms with Crippen LogP contribution in [0.4, 0.5) is 11.4 Å². The van der Waals surface area contributed by atoms with E-state index in [0.29, 0.717) is 16.8 Å². The largest absolute Gasteiger partial charge is 1.00 e. The summed E-state index contributed by atoms with van der Waals surface area (Å²) in [6.07, 6.45) is 0. The first-order valence-corrected chi connectivity index (χ1v) is 8.09. The van der Waals surface area contributed by atoms with E-state index in [0.717, 1.165) is 5.39 Å². The number of azo groups is 1. The van der Waals surface area contributed by atoms with Gasteiger partial charge in [-0.05, 0) is 36.4 Å². The van der Waals surface area contributed by atoms with Crippen LogP contribution in [0, 0.1) is 0 Å². The first kappa shape index (κ1) is 18.6. The molecule has 3 aromatic rings. The van der Waals surface area contributed by atoms with E-state index in [1.165, 1.54) is 30.3 Å². The molecule has 0 aliphatic heterocycles. The van der Waals surface area contributed by atoms with Crippen LogP contribution in [0.5, 0.6) is 5.75 Å². The Morgan fingerprint density at radius 3 is 2.08 bits per heavy atom. The minimum Gasteiger partial charge on any atom is -1.00 e. The van der Waals surface area contributed by atoms with Crippen molar-refractivity contribution < 1.29 is 49.1 Å². The molecule has 0 saturated heterocycles. The molecule has 0 atom stereocenters. The molecule has 0 aliphatic carbocycles. The van der Waals surface area contributed by atoms with Gasteiger partial charge in [0.25, 0.3) is 10.1 Å². The van der Waals surface area contributed by atoms with Crippen LogP contribution in [0.3, 0.4) is 0 Å². The van der Waals surface area contributed by atoms with Gasteiger partial charge >= 0.3 is 29.6 Å². The maximum atomic E-state index is 11.0. The predicted octanol–water partition coefficient (Wildman–Crippen LogP) is 1.32. The van der Waals surface area contributed by atoms with Crippen LogP contribution in [0.1, 0.15) is 1.43 Å². The van der Waals surface area contributed by atoms with E-state index in [4.69, 9.17) is 4.55 Å². The molecule has 0 aromatic heterocycles. The molecule has 0 heterocycles. The average Bonchev–Trinajstić information content (AvgIpc) is 2.54. The third-order valence-electron chi connectivity index (χ3n) is 3.29. The van der Waals surface area contributed by atoms with Gasteiger partial charge in [-0.15, -0.1) is 5.11 Å². The third-order valence-corrected chi connectivity index (χ3v) is 4.15. The molecular formula is C16H13N2NaO4S. The smallest absolute Gasteiger partial charge is 1.00 e. The van der Waals surface area contributed by atoms with Crippen molar-refractivity contribution in [3.05, 3.63) is 60.7 Å². The monoisotopic (exact) mass is 352 g/mol. The van der Waals surface area contributed by atoms with Gasteiger partial charge in [-0.3, -0.25) is 4.55 Å². The van der Waals surface area contributed by atoms with Crippen molar-refractivity contribution in [1.29, 1.82) is 0 Å². The predicted molar refractivity (Wildman–Crippen MR) is 87.2 cm³/mol. The second-order valence-electron chi connectivity index (χ2n) is 4.82. The minimum atomic E-state index is -4.22. The summed E-state index contributed by atoms with van der Waals surface area (Å²) in [5.41, 5.74) is 1.02. The zero-order chi connectivity index (χ0) is 16.4. The number of aromatic hydroxyl groups is 1. The van der Waals surface area contributed by atoms with Crippen molar-refractivity contribution in [2.45, 2.75) is 4.90 Å². The van der Waals surface area contributed by atoms with Gasteiger partial charge < -0.3 is 6.53 Å². The van der Waals surface area contributed by atoms with E-state index in [1.807, 2.05) is 18.2 Å². The molecule has 118 valence electrons. The molecule has 0 spiro atoms. The number of rotatable bonds is 3. The fourth-order valence-corrected chi connectivity index (χ4v) is 2.63. The van der Waals surface area contributed by atoms with Crippen LogP contribution in [-0.2, 0) is 10.1 Å². The number of fused-ring (bicyclic) bond motifs is 1. The molecular weight excluding hydrogens is 339 g/mol. The van der Waals surface area contributed by atoms with Crippen molar-refractivity contribution in [3.63, 3.8) is 0 Å². The van der Waals surface area contributed by atoms with Gasteiger partial charge in [-0.25, -0.2) is 0 Å². The number of hydrogen-bond acceptors (Lipinski definition) is 5. The van der Waals surface area contributed by atoms with Crippen molar-refractivity contribution in [2.75, 3.05) is 0 Å². The van der Waals surface area contributed by atoms with Crippen molar-refractivity contribution in [3.8, 4) is 5.75 Å². The van der Waals surface area contributed by atoms with Gasteiger partial charge in [0.05, 0.1) is 16.3 Å². The van der Waals surface area contributed by atoms with E-state index >= 15 is 0 Å². The summed E-state index contributed by atoms with van der Waals surface area (Å²) in [7, 11) is -4.22. The second kappa shape index (κ2) is 7.42. The molecule has 2 N–H and O–H groups in total. The molecule has 6 nitrogen and oxygen atoms in total. The van der Waals surface area contributed by atoms with Crippen LogP contribution in [0.15, 0.2) is 75.8 Å². The summed E-state index contributed by atoms with van der Waals surface area (Å²) < 4.78 is 30.9. The Kier molecular flexibility index (Phi) is 5.74. The van der Waals surface area contributed by atoms with Gasteiger partial charge in [0.15, 0.2) is 0 Å². The summed E-state index contributed by atoms with van der Waals surface area (Å²) in [6.45, 7) is 0. The van der Waals surface area contributed by atoms with Gasteiger partial charge in [0.1, 0.15) is 5.75 Å². The zero-order valence-corrected chi connectivity index (χ0v) is 15.6. The Bertz CT molecular complexity index is 1010.